The Morgan fingerprint density at radius 2 is 1.62 bits per heavy atom. The molecule has 2 rings (SSSR count). The van der Waals surface area contributed by atoms with Gasteiger partial charge in [-0.05, 0) is 49.9 Å². The van der Waals surface area contributed by atoms with E-state index in [1.165, 1.54) is 17.7 Å². The molecule has 4 heteroatoms. The minimum Gasteiger partial charge on any atom is -0.258 e. The normalized spacial score (nSPS) is 11.0. The van der Waals surface area contributed by atoms with Gasteiger partial charge in [0.1, 0.15) is 0 Å². The second-order valence-electron chi connectivity index (χ2n) is 5.30. The smallest absolute Gasteiger partial charge is 0.258 e. The van der Waals surface area contributed by atoms with Gasteiger partial charge in [-0.1, -0.05) is 23.8 Å². The molecule has 2 aromatic rings. The maximum absolute atomic E-state index is 10.8. The summed E-state index contributed by atoms with van der Waals surface area (Å²) in [7, 11) is 0. The lowest BCUT2D eigenvalue weighted by molar-refractivity contribution is -0.384. The van der Waals surface area contributed by atoms with Gasteiger partial charge in [0, 0.05) is 18.3 Å². The van der Waals surface area contributed by atoms with E-state index in [4.69, 9.17) is 0 Å². The second kappa shape index (κ2) is 5.87. The van der Waals surface area contributed by atoms with Crippen LogP contribution in [0.3, 0.4) is 0 Å². The van der Waals surface area contributed by atoms with Crippen molar-refractivity contribution < 1.29 is 4.92 Å². The van der Waals surface area contributed by atoms with Crippen LogP contribution in [0.4, 0.5) is 11.4 Å². The molecule has 21 heavy (non-hydrogen) atoms. The third kappa shape index (κ3) is 3.34. The van der Waals surface area contributed by atoms with E-state index in [9.17, 15) is 10.1 Å². The molecule has 0 radical (unpaired) electrons. The van der Waals surface area contributed by atoms with E-state index in [1.54, 1.807) is 12.3 Å². The van der Waals surface area contributed by atoms with Crippen molar-refractivity contribution in [2.24, 2.45) is 4.99 Å². The molecule has 0 aliphatic carbocycles. The van der Waals surface area contributed by atoms with Crippen LogP contribution in [0.15, 0.2) is 35.3 Å². The summed E-state index contributed by atoms with van der Waals surface area (Å²) in [4.78, 5) is 14.9. The topological polar surface area (TPSA) is 55.5 Å². The highest BCUT2D eigenvalue weighted by atomic mass is 16.6. The highest BCUT2D eigenvalue weighted by molar-refractivity contribution is 5.86. The molecule has 0 heterocycles. The van der Waals surface area contributed by atoms with Gasteiger partial charge >= 0.3 is 0 Å². The molecule has 0 aliphatic heterocycles. The van der Waals surface area contributed by atoms with Crippen LogP contribution in [0.25, 0.3) is 0 Å². The first kappa shape index (κ1) is 14.9. The summed E-state index contributed by atoms with van der Waals surface area (Å²) < 4.78 is 0. The summed E-state index contributed by atoms with van der Waals surface area (Å²) in [6.07, 6.45) is 1.79. The SMILES string of the molecule is Cc1cc(C)c(C=Nc2cc([N+](=O)[O-])ccc2C)c(C)c1. The number of hydrogen-bond acceptors (Lipinski definition) is 3. The zero-order valence-electron chi connectivity index (χ0n) is 12.7. The molecule has 0 bridgehead atoms. The molecule has 0 aliphatic rings. The molecular formula is C17H18N2O2. The Balaban J connectivity index is 2.42. The number of aryl methyl sites for hydroxylation is 4. The number of benzene rings is 2. The van der Waals surface area contributed by atoms with Crippen molar-refractivity contribution in [1.82, 2.24) is 0 Å². The van der Waals surface area contributed by atoms with E-state index < -0.39 is 4.92 Å². The van der Waals surface area contributed by atoms with Gasteiger partial charge in [-0.2, -0.15) is 0 Å². The summed E-state index contributed by atoms with van der Waals surface area (Å²) in [6, 6.07) is 8.93. The van der Waals surface area contributed by atoms with Gasteiger partial charge in [-0.25, -0.2) is 0 Å². The number of rotatable bonds is 3. The van der Waals surface area contributed by atoms with Crippen LogP contribution in [-0.4, -0.2) is 11.1 Å². The third-order valence-corrected chi connectivity index (χ3v) is 3.47. The molecule has 0 amide bonds. The fraction of sp³-hybridized carbons (Fsp3) is 0.235. The molecule has 0 aromatic heterocycles. The van der Waals surface area contributed by atoms with Crippen LogP contribution < -0.4 is 0 Å². The molecule has 0 atom stereocenters. The van der Waals surface area contributed by atoms with Gasteiger partial charge in [-0.3, -0.25) is 15.1 Å². The Kier molecular flexibility index (Phi) is 4.17. The molecule has 4 nitrogen and oxygen atoms in total. The second-order valence-corrected chi connectivity index (χ2v) is 5.30. The van der Waals surface area contributed by atoms with E-state index in [0.29, 0.717) is 5.69 Å². The number of aliphatic imine (C=N–C) groups is 1. The summed E-state index contributed by atoms with van der Waals surface area (Å²) in [5.41, 5.74) is 6.19. The van der Waals surface area contributed by atoms with Gasteiger partial charge in [0.25, 0.3) is 5.69 Å². The van der Waals surface area contributed by atoms with Crippen LogP contribution >= 0.6 is 0 Å². The summed E-state index contributed by atoms with van der Waals surface area (Å²) in [5.74, 6) is 0. The highest BCUT2D eigenvalue weighted by Gasteiger charge is 2.08. The Morgan fingerprint density at radius 3 is 2.19 bits per heavy atom. The van der Waals surface area contributed by atoms with Crippen molar-refractivity contribution in [2.45, 2.75) is 27.7 Å². The van der Waals surface area contributed by atoms with Crippen molar-refractivity contribution in [1.29, 1.82) is 0 Å². The van der Waals surface area contributed by atoms with Crippen LogP contribution in [0.2, 0.25) is 0 Å². The van der Waals surface area contributed by atoms with Gasteiger partial charge in [0.05, 0.1) is 10.6 Å². The quantitative estimate of drug-likeness (QED) is 0.470. The van der Waals surface area contributed by atoms with Crippen molar-refractivity contribution >= 4 is 17.6 Å². The minimum atomic E-state index is -0.402. The Hall–Kier alpha value is -2.49. The molecule has 0 unspecified atom stereocenters. The standard InChI is InChI=1S/C17H18N2O2/c1-11-7-13(3)16(14(4)8-11)10-18-17-9-15(19(20)21)6-5-12(17)2/h5-10H,1-4H3. The van der Waals surface area contributed by atoms with Crippen LogP contribution in [0.1, 0.15) is 27.8 Å². The van der Waals surface area contributed by atoms with Crippen LogP contribution in [0.5, 0.6) is 0 Å². The molecule has 0 spiro atoms. The molecule has 0 saturated heterocycles. The van der Waals surface area contributed by atoms with Crippen molar-refractivity contribution in [3.63, 3.8) is 0 Å². The molecule has 0 N–H and O–H groups in total. The molecule has 2 aromatic carbocycles. The zero-order chi connectivity index (χ0) is 15.6. The molecule has 0 saturated carbocycles. The molecule has 108 valence electrons. The summed E-state index contributed by atoms with van der Waals surface area (Å²) in [5, 5.41) is 10.8. The van der Waals surface area contributed by atoms with Gasteiger partial charge in [0.15, 0.2) is 0 Å². The first-order chi connectivity index (χ1) is 9.88. The number of nitro groups is 1. The predicted octanol–water partition coefficient (Wildman–Crippen LogP) is 4.58. The first-order valence-electron chi connectivity index (χ1n) is 6.75. The van der Waals surface area contributed by atoms with Crippen LogP contribution in [-0.2, 0) is 0 Å². The zero-order valence-corrected chi connectivity index (χ0v) is 12.7. The summed E-state index contributed by atoms with van der Waals surface area (Å²) >= 11 is 0. The fourth-order valence-corrected chi connectivity index (χ4v) is 2.38. The average Bonchev–Trinajstić information content (AvgIpc) is 2.39. The average molecular weight is 282 g/mol. The lowest BCUT2D eigenvalue weighted by Gasteiger charge is -2.07. The largest absolute Gasteiger partial charge is 0.271 e. The maximum Gasteiger partial charge on any atom is 0.271 e. The Morgan fingerprint density at radius 1 is 1.00 bits per heavy atom. The minimum absolute atomic E-state index is 0.0603. The fourth-order valence-electron chi connectivity index (χ4n) is 2.38. The van der Waals surface area contributed by atoms with E-state index in [0.717, 1.165) is 22.3 Å². The Labute approximate surface area is 124 Å². The predicted molar refractivity (Wildman–Crippen MR) is 85.7 cm³/mol. The first-order valence-corrected chi connectivity index (χ1v) is 6.75. The van der Waals surface area contributed by atoms with Crippen molar-refractivity contribution in [3.8, 4) is 0 Å². The Bertz CT molecular complexity index is 711. The van der Waals surface area contributed by atoms with Crippen molar-refractivity contribution in [2.75, 3.05) is 0 Å². The van der Waals surface area contributed by atoms with Gasteiger partial charge < -0.3 is 0 Å². The van der Waals surface area contributed by atoms with Gasteiger partial charge in [0.2, 0.25) is 0 Å². The van der Waals surface area contributed by atoms with Crippen LogP contribution in [0, 0.1) is 37.8 Å². The molecule has 0 fully saturated rings. The number of nitrogens with zero attached hydrogens (tertiary/aromatic N) is 2. The van der Waals surface area contributed by atoms with Gasteiger partial charge in [-0.15, -0.1) is 0 Å². The number of nitro benzene ring substituents is 1. The third-order valence-electron chi connectivity index (χ3n) is 3.47. The number of hydrogen-bond donors (Lipinski definition) is 0. The lowest BCUT2D eigenvalue weighted by Crippen LogP contribution is -1.93. The molecular weight excluding hydrogens is 264 g/mol. The van der Waals surface area contributed by atoms with Crippen molar-refractivity contribution in [3.05, 3.63) is 68.3 Å². The highest BCUT2D eigenvalue weighted by Crippen LogP contribution is 2.25. The number of non-ortho nitro benzene ring substituents is 1. The monoisotopic (exact) mass is 282 g/mol. The van der Waals surface area contributed by atoms with E-state index >= 15 is 0 Å². The lowest BCUT2D eigenvalue weighted by atomic mass is 10.0. The summed E-state index contributed by atoms with van der Waals surface area (Å²) in [6.45, 7) is 8.04. The van der Waals surface area contributed by atoms with E-state index in [1.807, 2.05) is 20.8 Å². The van der Waals surface area contributed by atoms with E-state index in [2.05, 4.69) is 24.0 Å². The maximum atomic E-state index is 10.8. The van der Waals surface area contributed by atoms with E-state index in [-0.39, 0.29) is 5.69 Å².